The van der Waals surface area contributed by atoms with E-state index in [1.807, 2.05) is 12.1 Å². The first-order valence-electron chi connectivity index (χ1n) is 6.77. The molecule has 0 aliphatic heterocycles. The molecule has 0 radical (unpaired) electrons. The molecule has 98 valence electrons. The molecular formula is C15H21NO2. The minimum Gasteiger partial charge on any atom is -0.493 e. The molecule has 0 aromatic heterocycles. The monoisotopic (exact) mass is 247 g/mol. The van der Waals surface area contributed by atoms with E-state index in [9.17, 15) is 0 Å². The van der Waals surface area contributed by atoms with E-state index in [0.717, 1.165) is 37.2 Å². The zero-order valence-corrected chi connectivity index (χ0v) is 11.1. The number of hydrogen-bond donors (Lipinski definition) is 1. The fraction of sp³-hybridized carbons (Fsp3) is 0.600. The van der Waals surface area contributed by atoms with Crippen LogP contribution >= 0.6 is 0 Å². The number of para-hydroxylation sites is 1. The summed E-state index contributed by atoms with van der Waals surface area (Å²) in [6, 6.07) is 6.32. The highest BCUT2D eigenvalue weighted by Gasteiger charge is 2.50. The van der Waals surface area contributed by atoms with Crippen molar-refractivity contribution in [1.29, 1.82) is 0 Å². The molecule has 2 aliphatic rings. The van der Waals surface area contributed by atoms with Gasteiger partial charge in [-0.05, 0) is 38.7 Å². The van der Waals surface area contributed by atoms with E-state index < -0.39 is 0 Å². The van der Waals surface area contributed by atoms with Crippen molar-refractivity contribution in [3.05, 3.63) is 23.8 Å². The topological polar surface area (TPSA) is 44.5 Å². The highest BCUT2D eigenvalue weighted by molar-refractivity contribution is 5.53. The first kappa shape index (κ1) is 11.8. The van der Waals surface area contributed by atoms with Gasteiger partial charge in [-0.2, -0.15) is 0 Å². The summed E-state index contributed by atoms with van der Waals surface area (Å²) in [5.41, 5.74) is 7.52. The summed E-state index contributed by atoms with van der Waals surface area (Å²) < 4.78 is 11.5. The number of rotatable bonds is 5. The van der Waals surface area contributed by atoms with Gasteiger partial charge in [0.1, 0.15) is 0 Å². The molecule has 1 atom stereocenters. The fourth-order valence-electron chi connectivity index (χ4n) is 2.65. The third-order valence-electron chi connectivity index (χ3n) is 4.20. The Bertz CT molecular complexity index is 448. The summed E-state index contributed by atoms with van der Waals surface area (Å²) in [5.74, 6) is 1.77. The minimum atomic E-state index is 0.110. The Hall–Kier alpha value is -1.22. The summed E-state index contributed by atoms with van der Waals surface area (Å²) in [5, 5.41) is 0. The summed E-state index contributed by atoms with van der Waals surface area (Å²) in [4.78, 5) is 0. The molecule has 0 bridgehead atoms. The highest BCUT2D eigenvalue weighted by Crippen LogP contribution is 2.55. The molecule has 3 nitrogen and oxygen atoms in total. The molecule has 1 aromatic carbocycles. The Labute approximate surface area is 108 Å². The molecule has 0 amide bonds. The second-order valence-electron chi connectivity index (χ2n) is 5.60. The van der Waals surface area contributed by atoms with Gasteiger partial charge in [-0.25, -0.2) is 0 Å². The van der Waals surface area contributed by atoms with Gasteiger partial charge in [0, 0.05) is 17.0 Å². The molecule has 0 saturated heterocycles. The van der Waals surface area contributed by atoms with Crippen LogP contribution in [0.2, 0.25) is 0 Å². The van der Waals surface area contributed by atoms with Gasteiger partial charge in [0.15, 0.2) is 11.5 Å². The molecule has 3 rings (SSSR count). The van der Waals surface area contributed by atoms with Crippen molar-refractivity contribution in [2.24, 2.45) is 5.73 Å². The van der Waals surface area contributed by atoms with Crippen LogP contribution in [0.4, 0.5) is 0 Å². The van der Waals surface area contributed by atoms with Crippen LogP contribution in [-0.2, 0) is 5.41 Å². The lowest BCUT2D eigenvalue weighted by molar-refractivity contribution is 0.275. The van der Waals surface area contributed by atoms with E-state index >= 15 is 0 Å². The maximum Gasteiger partial charge on any atom is 0.165 e. The average Bonchev–Trinajstić information content (AvgIpc) is 3.23. The first-order valence-corrected chi connectivity index (χ1v) is 6.77. The van der Waals surface area contributed by atoms with E-state index in [-0.39, 0.29) is 11.5 Å². The van der Waals surface area contributed by atoms with Crippen LogP contribution < -0.4 is 15.2 Å². The molecule has 2 N–H and O–H groups in total. The molecule has 2 aliphatic carbocycles. The third kappa shape index (κ3) is 1.87. The predicted octanol–water partition coefficient (Wildman–Crippen LogP) is 2.62. The van der Waals surface area contributed by atoms with Crippen molar-refractivity contribution < 1.29 is 9.47 Å². The van der Waals surface area contributed by atoms with Crippen LogP contribution in [0.5, 0.6) is 11.5 Å². The second kappa shape index (κ2) is 4.16. The smallest absolute Gasteiger partial charge is 0.165 e. The largest absolute Gasteiger partial charge is 0.493 e. The van der Waals surface area contributed by atoms with Gasteiger partial charge >= 0.3 is 0 Å². The van der Waals surface area contributed by atoms with Crippen molar-refractivity contribution in [1.82, 2.24) is 0 Å². The van der Waals surface area contributed by atoms with Crippen LogP contribution in [0.1, 0.15) is 38.2 Å². The number of hydrogen-bond acceptors (Lipinski definition) is 3. The summed E-state index contributed by atoms with van der Waals surface area (Å²) in [7, 11) is 1.70. The van der Waals surface area contributed by atoms with Crippen molar-refractivity contribution >= 4 is 0 Å². The van der Waals surface area contributed by atoms with Gasteiger partial charge in [0.05, 0.1) is 13.2 Å². The van der Waals surface area contributed by atoms with Gasteiger partial charge in [0.2, 0.25) is 0 Å². The van der Waals surface area contributed by atoms with Crippen molar-refractivity contribution in [3.63, 3.8) is 0 Å². The predicted molar refractivity (Wildman–Crippen MR) is 71.2 cm³/mol. The van der Waals surface area contributed by atoms with E-state index in [1.165, 1.54) is 5.56 Å². The maximum atomic E-state index is 6.18. The Morgan fingerprint density at radius 2 is 2.06 bits per heavy atom. The van der Waals surface area contributed by atoms with Gasteiger partial charge in [-0.15, -0.1) is 0 Å². The van der Waals surface area contributed by atoms with E-state index in [1.54, 1.807) is 7.11 Å². The SMILES string of the molecule is COc1cccc(C2(C(C)N)CC2)c1OC1CC1. The molecule has 18 heavy (non-hydrogen) atoms. The number of ether oxygens (including phenoxy) is 2. The van der Waals surface area contributed by atoms with Gasteiger partial charge in [-0.3, -0.25) is 0 Å². The average molecular weight is 247 g/mol. The lowest BCUT2D eigenvalue weighted by Gasteiger charge is -2.24. The van der Waals surface area contributed by atoms with Gasteiger partial charge in [-0.1, -0.05) is 12.1 Å². The molecule has 2 saturated carbocycles. The minimum absolute atomic E-state index is 0.110. The summed E-state index contributed by atoms with van der Waals surface area (Å²) in [6.45, 7) is 2.09. The fourth-order valence-corrected chi connectivity index (χ4v) is 2.65. The zero-order chi connectivity index (χ0) is 12.8. The molecule has 0 heterocycles. The van der Waals surface area contributed by atoms with Gasteiger partial charge in [0.25, 0.3) is 0 Å². The zero-order valence-electron chi connectivity index (χ0n) is 11.1. The summed E-state index contributed by atoms with van der Waals surface area (Å²) in [6.07, 6.45) is 4.99. The first-order chi connectivity index (χ1) is 8.67. The molecular weight excluding hydrogens is 226 g/mol. The van der Waals surface area contributed by atoms with E-state index in [0.29, 0.717) is 6.10 Å². The lowest BCUT2D eigenvalue weighted by atomic mass is 9.88. The maximum absolute atomic E-state index is 6.18. The van der Waals surface area contributed by atoms with Crippen molar-refractivity contribution in [2.75, 3.05) is 7.11 Å². The van der Waals surface area contributed by atoms with Crippen LogP contribution in [0.15, 0.2) is 18.2 Å². The Kier molecular flexibility index (Phi) is 2.74. The van der Waals surface area contributed by atoms with Gasteiger partial charge < -0.3 is 15.2 Å². The number of benzene rings is 1. The highest BCUT2D eigenvalue weighted by atomic mass is 16.5. The lowest BCUT2D eigenvalue weighted by Crippen LogP contribution is -2.32. The van der Waals surface area contributed by atoms with Crippen LogP contribution in [0, 0.1) is 0 Å². The second-order valence-corrected chi connectivity index (χ2v) is 5.60. The normalized spacial score (nSPS) is 22.4. The molecule has 0 spiro atoms. The van der Waals surface area contributed by atoms with Crippen molar-refractivity contribution in [3.8, 4) is 11.5 Å². The molecule has 3 heteroatoms. The van der Waals surface area contributed by atoms with Crippen LogP contribution in [-0.4, -0.2) is 19.3 Å². The van der Waals surface area contributed by atoms with Crippen LogP contribution in [0.3, 0.4) is 0 Å². The quantitative estimate of drug-likeness (QED) is 0.870. The molecule has 1 unspecified atom stereocenters. The summed E-state index contributed by atoms with van der Waals surface area (Å²) >= 11 is 0. The Morgan fingerprint density at radius 3 is 2.56 bits per heavy atom. The van der Waals surface area contributed by atoms with Crippen molar-refractivity contribution in [2.45, 2.75) is 50.2 Å². The number of methoxy groups -OCH3 is 1. The number of nitrogens with two attached hydrogens (primary N) is 1. The Balaban J connectivity index is 2.01. The molecule has 2 fully saturated rings. The Morgan fingerprint density at radius 1 is 1.33 bits per heavy atom. The standard InChI is InChI=1S/C15H21NO2/c1-10(16)15(8-9-15)12-4-3-5-13(17-2)14(12)18-11-6-7-11/h3-5,10-11H,6-9,16H2,1-2H3. The third-order valence-corrected chi connectivity index (χ3v) is 4.20. The van der Waals surface area contributed by atoms with E-state index in [4.69, 9.17) is 15.2 Å². The molecule has 1 aromatic rings. The van der Waals surface area contributed by atoms with Crippen LogP contribution in [0.25, 0.3) is 0 Å². The van der Waals surface area contributed by atoms with E-state index in [2.05, 4.69) is 13.0 Å².